The van der Waals surface area contributed by atoms with E-state index in [4.69, 9.17) is 16.9 Å². The number of benzene rings is 1. The summed E-state index contributed by atoms with van der Waals surface area (Å²) in [4.78, 5) is 9.84. The van der Waals surface area contributed by atoms with Crippen LogP contribution in [0.4, 0.5) is 5.82 Å². The van der Waals surface area contributed by atoms with Gasteiger partial charge in [0.25, 0.3) is 0 Å². The van der Waals surface area contributed by atoms with E-state index >= 15 is 0 Å². The number of nitrogens with zero attached hydrogens (tertiary/aromatic N) is 4. The van der Waals surface area contributed by atoms with Crippen LogP contribution in [-0.4, -0.2) is 17.0 Å². The summed E-state index contributed by atoms with van der Waals surface area (Å²) in [5, 5.41) is 9.71. The lowest BCUT2D eigenvalue weighted by Crippen LogP contribution is -2.19. The summed E-state index contributed by atoms with van der Waals surface area (Å²) in [7, 11) is 1.87. The monoisotopic (exact) mass is 258 g/mol. The first kappa shape index (κ1) is 12.3. The van der Waals surface area contributed by atoms with Crippen molar-refractivity contribution in [3.8, 4) is 6.07 Å². The molecule has 0 atom stereocenters. The van der Waals surface area contributed by atoms with E-state index in [1.807, 2.05) is 36.2 Å². The summed E-state index contributed by atoms with van der Waals surface area (Å²) in [5.41, 5.74) is 1.44. The summed E-state index contributed by atoms with van der Waals surface area (Å²) in [6, 6.07) is 9.69. The van der Waals surface area contributed by atoms with Crippen molar-refractivity contribution in [3.05, 3.63) is 52.9 Å². The first-order valence-electron chi connectivity index (χ1n) is 5.37. The van der Waals surface area contributed by atoms with Gasteiger partial charge < -0.3 is 4.90 Å². The highest BCUT2D eigenvalue weighted by molar-refractivity contribution is 6.31. The van der Waals surface area contributed by atoms with E-state index in [0.717, 1.165) is 5.56 Å². The highest BCUT2D eigenvalue weighted by atomic mass is 35.5. The lowest BCUT2D eigenvalue weighted by atomic mass is 10.2. The fraction of sp³-hybridized carbons (Fsp3) is 0.154. The number of rotatable bonds is 3. The fourth-order valence-corrected chi connectivity index (χ4v) is 1.86. The Morgan fingerprint density at radius 1 is 1.39 bits per heavy atom. The van der Waals surface area contributed by atoms with E-state index in [1.54, 1.807) is 0 Å². The zero-order valence-corrected chi connectivity index (χ0v) is 10.6. The third-order valence-corrected chi connectivity index (χ3v) is 2.91. The summed E-state index contributed by atoms with van der Waals surface area (Å²) < 4.78 is 0. The summed E-state index contributed by atoms with van der Waals surface area (Å²) >= 11 is 6.11. The van der Waals surface area contributed by atoms with Crippen LogP contribution < -0.4 is 4.90 Å². The summed E-state index contributed by atoms with van der Waals surface area (Å²) in [6.07, 6.45) is 2.94. The number of hydrogen-bond acceptors (Lipinski definition) is 4. The molecule has 18 heavy (non-hydrogen) atoms. The first-order valence-corrected chi connectivity index (χ1v) is 5.75. The van der Waals surface area contributed by atoms with Gasteiger partial charge in [-0.2, -0.15) is 5.26 Å². The second-order valence-corrected chi connectivity index (χ2v) is 4.23. The molecule has 0 aliphatic heterocycles. The van der Waals surface area contributed by atoms with Crippen molar-refractivity contribution in [1.29, 1.82) is 5.26 Å². The van der Waals surface area contributed by atoms with Crippen LogP contribution in [0.2, 0.25) is 5.02 Å². The van der Waals surface area contributed by atoms with E-state index in [9.17, 15) is 0 Å². The van der Waals surface area contributed by atoms with E-state index in [1.165, 1.54) is 12.5 Å². The number of aromatic nitrogens is 2. The normalized spacial score (nSPS) is 9.83. The second kappa shape index (κ2) is 5.48. The predicted molar refractivity (Wildman–Crippen MR) is 70.3 cm³/mol. The molecule has 2 rings (SSSR count). The molecule has 1 aromatic heterocycles. The molecule has 0 saturated carbocycles. The standard InChI is InChI=1S/C13H11ClN4/c1-18(8-10-4-2-3-5-12(10)14)13-11(6-15)7-16-9-17-13/h2-5,7,9H,8H2,1H3. The third kappa shape index (κ3) is 2.58. The number of hydrogen-bond donors (Lipinski definition) is 0. The smallest absolute Gasteiger partial charge is 0.150 e. The fourth-order valence-electron chi connectivity index (χ4n) is 1.66. The Hall–Kier alpha value is -2.12. The number of nitriles is 1. The average molecular weight is 259 g/mol. The molecule has 90 valence electrons. The zero-order chi connectivity index (χ0) is 13.0. The van der Waals surface area contributed by atoms with Gasteiger partial charge in [-0.15, -0.1) is 0 Å². The number of anilines is 1. The van der Waals surface area contributed by atoms with Crippen molar-refractivity contribution in [1.82, 2.24) is 9.97 Å². The third-order valence-electron chi connectivity index (χ3n) is 2.54. The van der Waals surface area contributed by atoms with Crippen LogP contribution in [0.25, 0.3) is 0 Å². The van der Waals surface area contributed by atoms with Crippen molar-refractivity contribution >= 4 is 17.4 Å². The van der Waals surface area contributed by atoms with E-state index in [-0.39, 0.29) is 0 Å². The van der Waals surface area contributed by atoms with Gasteiger partial charge in [0, 0.05) is 18.6 Å². The van der Waals surface area contributed by atoms with E-state index < -0.39 is 0 Å². The molecule has 1 heterocycles. The quantitative estimate of drug-likeness (QED) is 0.849. The van der Waals surface area contributed by atoms with Crippen LogP contribution in [0, 0.1) is 11.3 Å². The first-order chi connectivity index (χ1) is 8.72. The van der Waals surface area contributed by atoms with Gasteiger partial charge in [0.2, 0.25) is 0 Å². The SMILES string of the molecule is CN(Cc1ccccc1Cl)c1ncncc1C#N. The second-order valence-electron chi connectivity index (χ2n) is 3.82. The molecule has 0 unspecified atom stereocenters. The minimum absolute atomic E-state index is 0.451. The Labute approximate surface area is 110 Å². The molecule has 0 aliphatic carbocycles. The van der Waals surface area contributed by atoms with Gasteiger partial charge in [0.1, 0.15) is 23.8 Å². The molecule has 5 heteroatoms. The highest BCUT2D eigenvalue weighted by Gasteiger charge is 2.10. The molecule has 4 nitrogen and oxygen atoms in total. The van der Waals surface area contributed by atoms with Crippen molar-refractivity contribution in [3.63, 3.8) is 0 Å². The minimum atomic E-state index is 0.451. The lowest BCUT2D eigenvalue weighted by molar-refractivity contribution is 0.887. The summed E-state index contributed by atoms with van der Waals surface area (Å²) in [5.74, 6) is 0.604. The summed E-state index contributed by atoms with van der Waals surface area (Å²) in [6.45, 7) is 0.589. The predicted octanol–water partition coefficient (Wildman–Crippen LogP) is 2.64. The molecule has 1 aromatic carbocycles. The molecular formula is C13H11ClN4. The van der Waals surface area contributed by atoms with Crippen LogP contribution in [0.3, 0.4) is 0 Å². The molecule has 2 aromatic rings. The molecule has 0 bridgehead atoms. The van der Waals surface area contributed by atoms with Gasteiger partial charge in [0.15, 0.2) is 0 Å². The Kier molecular flexibility index (Phi) is 3.75. The van der Waals surface area contributed by atoms with Crippen LogP contribution in [-0.2, 0) is 6.54 Å². The molecule has 0 radical (unpaired) electrons. The molecule has 0 aliphatic rings. The molecule has 0 spiro atoms. The van der Waals surface area contributed by atoms with Gasteiger partial charge in [-0.3, -0.25) is 0 Å². The van der Waals surface area contributed by atoms with Gasteiger partial charge in [0.05, 0.1) is 6.20 Å². The molecule has 0 fully saturated rings. The van der Waals surface area contributed by atoms with Crippen molar-refractivity contribution in [2.45, 2.75) is 6.54 Å². The van der Waals surface area contributed by atoms with Crippen LogP contribution >= 0.6 is 11.6 Å². The Bertz CT molecular complexity index is 592. The van der Waals surface area contributed by atoms with Gasteiger partial charge in [-0.05, 0) is 11.6 Å². The topological polar surface area (TPSA) is 52.8 Å². The van der Waals surface area contributed by atoms with Gasteiger partial charge in [-0.25, -0.2) is 9.97 Å². The number of halogens is 1. The Morgan fingerprint density at radius 2 is 2.17 bits per heavy atom. The molecule has 0 saturated heterocycles. The highest BCUT2D eigenvalue weighted by Crippen LogP contribution is 2.20. The lowest BCUT2D eigenvalue weighted by Gasteiger charge is -2.19. The van der Waals surface area contributed by atoms with Crippen LogP contribution in [0.1, 0.15) is 11.1 Å². The largest absolute Gasteiger partial charge is 0.354 e. The van der Waals surface area contributed by atoms with Crippen molar-refractivity contribution in [2.75, 3.05) is 11.9 Å². The van der Waals surface area contributed by atoms with Crippen molar-refractivity contribution in [2.24, 2.45) is 0 Å². The maximum atomic E-state index is 9.01. The minimum Gasteiger partial charge on any atom is -0.354 e. The van der Waals surface area contributed by atoms with Crippen LogP contribution in [0.15, 0.2) is 36.8 Å². The molecule has 0 N–H and O–H groups in total. The van der Waals surface area contributed by atoms with Gasteiger partial charge in [-0.1, -0.05) is 29.8 Å². The molecular weight excluding hydrogens is 248 g/mol. The van der Waals surface area contributed by atoms with Crippen molar-refractivity contribution < 1.29 is 0 Å². The van der Waals surface area contributed by atoms with E-state index in [0.29, 0.717) is 22.9 Å². The van der Waals surface area contributed by atoms with E-state index in [2.05, 4.69) is 16.0 Å². The van der Waals surface area contributed by atoms with Gasteiger partial charge >= 0.3 is 0 Å². The Morgan fingerprint density at radius 3 is 2.89 bits per heavy atom. The molecule has 0 amide bonds. The maximum Gasteiger partial charge on any atom is 0.150 e. The Balaban J connectivity index is 2.26. The maximum absolute atomic E-state index is 9.01. The van der Waals surface area contributed by atoms with Crippen LogP contribution in [0.5, 0.6) is 0 Å². The zero-order valence-electron chi connectivity index (χ0n) is 9.84. The average Bonchev–Trinajstić information content (AvgIpc) is 2.41.